The van der Waals surface area contributed by atoms with Crippen molar-refractivity contribution in [1.29, 1.82) is 0 Å². The first kappa shape index (κ1) is 12.9. The highest BCUT2D eigenvalue weighted by Crippen LogP contribution is 2.62. The molecule has 1 nitrogen and oxygen atoms in total. The summed E-state index contributed by atoms with van der Waals surface area (Å²) < 4.78 is 0. The molecule has 0 unspecified atom stereocenters. The molecule has 3 aliphatic rings. The molecule has 1 aromatic rings. The molecule has 0 aromatic heterocycles. The average molecular weight is 270 g/mol. The van der Waals surface area contributed by atoms with Crippen molar-refractivity contribution in [2.24, 2.45) is 17.3 Å². The van der Waals surface area contributed by atoms with Gasteiger partial charge >= 0.3 is 0 Å². The van der Waals surface area contributed by atoms with Crippen molar-refractivity contribution < 1.29 is 5.11 Å². The second-order valence-electron chi connectivity index (χ2n) is 7.74. The smallest absolute Gasteiger partial charge is 0.0490 e. The number of aliphatic hydroxyl groups excluding tert-OH is 1. The standard InChI is InChI=1S/C19H26O/c1-18-11-12-19(13-20)10-4-7-17(19)16(18)9-8-14-5-2-3-6-15(14)18/h2-3,5-6,16-17,20H,4,7-13H2,1H3/t16-,17-,18+,19-/m0/s1. The van der Waals surface area contributed by atoms with E-state index in [1.165, 1.54) is 44.9 Å². The minimum absolute atomic E-state index is 0.274. The number of aryl methyl sites for hydroxylation is 1. The first-order valence-corrected chi connectivity index (χ1v) is 8.39. The maximum Gasteiger partial charge on any atom is 0.0490 e. The van der Waals surface area contributed by atoms with E-state index in [-0.39, 0.29) is 5.41 Å². The van der Waals surface area contributed by atoms with E-state index in [1.807, 2.05) is 0 Å². The Labute approximate surface area is 122 Å². The van der Waals surface area contributed by atoms with Gasteiger partial charge in [0.05, 0.1) is 0 Å². The number of hydrogen-bond acceptors (Lipinski definition) is 1. The van der Waals surface area contributed by atoms with Gasteiger partial charge in [-0.25, -0.2) is 0 Å². The van der Waals surface area contributed by atoms with E-state index in [0.29, 0.717) is 12.0 Å². The molecule has 3 aliphatic carbocycles. The second kappa shape index (κ2) is 4.34. The van der Waals surface area contributed by atoms with E-state index in [9.17, 15) is 5.11 Å². The Kier molecular flexibility index (Phi) is 2.79. The lowest BCUT2D eigenvalue weighted by Gasteiger charge is -2.55. The summed E-state index contributed by atoms with van der Waals surface area (Å²) in [5.74, 6) is 1.56. The van der Waals surface area contributed by atoms with Crippen LogP contribution >= 0.6 is 0 Å². The Bertz CT molecular complexity index is 522. The van der Waals surface area contributed by atoms with E-state index < -0.39 is 0 Å². The molecule has 0 bridgehead atoms. The SMILES string of the molecule is C[C@]12CC[C@]3(CO)CCC[C@H]3[C@@H]1CCc1ccccc12. The number of benzene rings is 1. The van der Waals surface area contributed by atoms with Gasteiger partial charge in [0.15, 0.2) is 0 Å². The monoisotopic (exact) mass is 270 g/mol. The molecule has 20 heavy (non-hydrogen) atoms. The fourth-order valence-electron chi connectivity index (χ4n) is 5.98. The maximum atomic E-state index is 10.0. The predicted octanol–water partition coefficient (Wildman–Crippen LogP) is 4.08. The number of fused-ring (bicyclic) bond motifs is 5. The maximum absolute atomic E-state index is 10.0. The van der Waals surface area contributed by atoms with E-state index in [2.05, 4.69) is 31.2 Å². The van der Waals surface area contributed by atoms with Crippen LogP contribution in [0.3, 0.4) is 0 Å². The van der Waals surface area contributed by atoms with E-state index in [4.69, 9.17) is 0 Å². The van der Waals surface area contributed by atoms with Gasteiger partial charge in [0.1, 0.15) is 0 Å². The van der Waals surface area contributed by atoms with Crippen molar-refractivity contribution in [1.82, 2.24) is 0 Å². The third-order valence-electron chi connectivity index (χ3n) is 7.09. The Hall–Kier alpha value is -0.820. The first-order chi connectivity index (χ1) is 9.70. The van der Waals surface area contributed by atoms with Crippen LogP contribution in [0.2, 0.25) is 0 Å². The summed E-state index contributed by atoms with van der Waals surface area (Å²) in [6.45, 7) is 2.93. The van der Waals surface area contributed by atoms with Gasteiger partial charge in [-0.2, -0.15) is 0 Å². The van der Waals surface area contributed by atoms with Crippen LogP contribution in [0.25, 0.3) is 0 Å². The quantitative estimate of drug-likeness (QED) is 0.815. The van der Waals surface area contributed by atoms with Gasteiger partial charge in [0.2, 0.25) is 0 Å². The zero-order valence-corrected chi connectivity index (χ0v) is 12.6. The molecule has 0 heterocycles. The number of rotatable bonds is 1. The molecule has 0 saturated heterocycles. The molecule has 108 valence electrons. The molecule has 2 saturated carbocycles. The van der Waals surface area contributed by atoms with Crippen LogP contribution in [0.5, 0.6) is 0 Å². The van der Waals surface area contributed by atoms with Gasteiger partial charge in [0, 0.05) is 6.61 Å². The lowest BCUT2D eigenvalue weighted by atomic mass is 9.49. The number of aliphatic hydroxyl groups is 1. The van der Waals surface area contributed by atoms with Gasteiger partial charge in [-0.05, 0) is 72.3 Å². The van der Waals surface area contributed by atoms with Crippen molar-refractivity contribution in [3.05, 3.63) is 35.4 Å². The fraction of sp³-hybridized carbons (Fsp3) is 0.684. The zero-order chi connectivity index (χ0) is 13.8. The van der Waals surface area contributed by atoms with Crippen molar-refractivity contribution in [3.8, 4) is 0 Å². The highest BCUT2D eigenvalue weighted by molar-refractivity contribution is 5.38. The van der Waals surface area contributed by atoms with Crippen LogP contribution in [0.4, 0.5) is 0 Å². The van der Waals surface area contributed by atoms with E-state index >= 15 is 0 Å². The van der Waals surface area contributed by atoms with Crippen LogP contribution in [-0.4, -0.2) is 11.7 Å². The minimum Gasteiger partial charge on any atom is -0.396 e. The van der Waals surface area contributed by atoms with Gasteiger partial charge in [-0.1, -0.05) is 37.6 Å². The van der Waals surface area contributed by atoms with Crippen LogP contribution in [0.1, 0.15) is 56.6 Å². The highest BCUT2D eigenvalue weighted by Gasteiger charge is 2.56. The molecular formula is C19H26O. The first-order valence-electron chi connectivity index (χ1n) is 8.39. The van der Waals surface area contributed by atoms with Gasteiger partial charge in [-0.3, -0.25) is 0 Å². The lowest BCUT2D eigenvalue weighted by molar-refractivity contribution is -0.0330. The Morgan fingerprint density at radius 1 is 1.10 bits per heavy atom. The molecule has 0 aliphatic heterocycles. The lowest BCUT2D eigenvalue weighted by Crippen LogP contribution is -2.51. The molecule has 4 atom stereocenters. The molecule has 0 spiro atoms. The topological polar surface area (TPSA) is 20.2 Å². The third-order valence-corrected chi connectivity index (χ3v) is 7.09. The normalized spacial score (nSPS) is 42.7. The van der Waals surface area contributed by atoms with E-state index in [0.717, 1.165) is 11.8 Å². The van der Waals surface area contributed by atoms with Crippen molar-refractivity contribution in [2.45, 2.75) is 57.3 Å². The average Bonchev–Trinajstić information content (AvgIpc) is 2.91. The molecule has 1 aromatic carbocycles. The van der Waals surface area contributed by atoms with E-state index in [1.54, 1.807) is 11.1 Å². The Morgan fingerprint density at radius 3 is 2.80 bits per heavy atom. The van der Waals surface area contributed by atoms with Gasteiger partial charge < -0.3 is 5.11 Å². The fourth-order valence-corrected chi connectivity index (χ4v) is 5.98. The zero-order valence-electron chi connectivity index (χ0n) is 12.6. The van der Waals surface area contributed by atoms with Crippen LogP contribution in [-0.2, 0) is 11.8 Å². The van der Waals surface area contributed by atoms with Crippen LogP contribution < -0.4 is 0 Å². The summed E-state index contributed by atoms with van der Waals surface area (Å²) in [4.78, 5) is 0. The van der Waals surface area contributed by atoms with Gasteiger partial charge in [0.25, 0.3) is 0 Å². The molecule has 1 N–H and O–H groups in total. The van der Waals surface area contributed by atoms with Crippen molar-refractivity contribution in [3.63, 3.8) is 0 Å². The van der Waals surface area contributed by atoms with Gasteiger partial charge in [-0.15, -0.1) is 0 Å². The second-order valence-corrected chi connectivity index (χ2v) is 7.74. The highest BCUT2D eigenvalue weighted by atomic mass is 16.3. The third kappa shape index (κ3) is 1.53. The van der Waals surface area contributed by atoms with Crippen molar-refractivity contribution >= 4 is 0 Å². The minimum atomic E-state index is 0.274. The molecule has 2 fully saturated rings. The summed E-state index contributed by atoms with van der Waals surface area (Å²) in [5, 5.41) is 10.0. The molecule has 0 radical (unpaired) electrons. The molecule has 1 heteroatoms. The molecule has 0 amide bonds. The summed E-state index contributed by atoms with van der Waals surface area (Å²) in [7, 11) is 0. The number of hydrogen-bond donors (Lipinski definition) is 1. The molecule has 4 rings (SSSR count). The van der Waals surface area contributed by atoms with Crippen LogP contribution in [0, 0.1) is 17.3 Å². The van der Waals surface area contributed by atoms with Crippen LogP contribution in [0.15, 0.2) is 24.3 Å². The Balaban J connectivity index is 1.78. The Morgan fingerprint density at radius 2 is 1.95 bits per heavy atom. The molecular weight excluding hydrogens is 244 g/mol. The summed E-state index contributed by atoms with van der Waals surface area (Å²) in [6.07, 6.45) is 9.03. The van der Waals surface area contributed by atoms with Crippen molar-refractivity contribution in [2.75, 3.05) is 6.61 Å². The summed E-state index contributed by atoms with van der Waals surface area (Å²) >= 11 is 0. The predicted molar refractivity (Wildman–Crippen MR) is 81.7 cm³/mol. The summed E-state index contributed by atoms with van der Waals surface area (Å²) in [5.41, 5.74) is 3.84. The summed E-state index contributed by atoms with van der Waals surface area (Å²) in [6, 6.07) is 9.12. The largest absolute Gasteiger partial charge is 0.396 e.